The first-order valence-electron chi connectivity index (χ1n) is 5.95. The third-order valence-corrected chi connectivity index (χ3v) is 2.76. The van der Waals surface area contributed by atoms with Gasteiger partial charge < -0.3 is 0 Å². The fraction of sp³-hybridized carbons (Fsp3) is 0. The van der Waals surface area contributed by atoms with Gasteiger partial charge in [-0.05, 0) is 24.3 Å². The molecule has 0 aliphatic carbocycles. The summed E-state index contributed by atoms with van der Waals surface area (Å²) in [7, 11) is 0. The Morgan fingerprint density at radius 3 is 2.05 bits per heavy atom. The van der Waals surface area contributed by atoms with Crippen LogP contribution in [0.2, 0.25) is 0 Å². The Bertz CT molecular complexity index is 838. The summed E-state index contributed by atoms with van der Waals surface area (Å²) in [5.74, 6) is 0.731. The monoisotopic (exact) mass is 266 g/mol. The molecule has 3 rings (SSSR count). The summed E-state index contributed by atoms with van der Waals surface area (Å²) in [5.41, 5.74) is -0.934. The van der Waals surface area contributed by atoms with E-state index in [4.69, 9.17) is 0 Å². The van der Waals surface area contributed by atoms with Gasteiger partial charge in [-0.3, -0.25) is 9.36 Å². The minimum atomic E-state index is -0.505. The average molecular weight is 266 g/mol. The second kappa shape index (κ2) is 4.93. The summed E-state index contributed by atoms with van der Waals surface area (Å²) in [5, 5.41) is 0. The zero-order valence-electron chi connectivity index (χ0n) is 10.4. The molecule has 0 spiro atoms. The van der Waals surface area contributed by atoms with E-state index in [1.165, 1.54) is 23.0 Å². The minimum Gasteiger partial charge on any atom is -0.269 e. The molecule has 3 heterocycles. The van der Waals surface area contributed by atoms with Crippen LogP contribution in [-0.4, -0.2) is 19.1 Å². The molecule has 3 aromatic rings. The van der Waals surface area contributed by atoms with Gasteiger partial charge in [-0.15, -0.1) is 0 Å². The first kappa shape index (κ1) is 12.0. The molecule has 0 saturated carbocycles. The van der Waals surface area contributed by atoms with E-state index in [0.717, 1.165) is 4.57 Å². The quantitative estimate of drug-likeness (QED) is 0.687. The van der Waals surface area contributed by atoms with Crippen LogP contribution in [0.1, 0.15) is 0 Å². The molecule has 0 bridgehead atoms. The molecule has 0 amide bonds. The Hall–Kier alpha value is -3.02. The smallest absolute Gasteiger partial charge is 0.269 e. The zero-order valence-corrected chi connectivity index (χ0v) is 10.4. The Morgan fingerprint density at radius 1 is 0.800 bits per heavy atom. The van der Waals surface area contributed by atoms with E-state index >= 15 is 0 Å². The normalized spacial score (nSPS) is 10.4. The molecule has 0 aliphatic heterocycles. The van der Waals surface area contributed by atoms with Gasteiger partial charge in [0.25, 0.3) is 5.56 Å². The van der Waals surface area contributed by atoms with Gasteiger partial charge in [0.1, 0.15) is 11.6 Å². The second-order valence-electron chi connectivity index (χ2n) is 4.02. The maximum atomic E-state index is 12.4. The predicted octanol–water partition coefficient (Wildman–Crippen LogP) is 0.778. The van der Waals surface area contributed by atoms with Crippen molar-refractivity contribution >= 4 is 0 Å². The highest BCUT2D eigenvalue weighted by atomic mass is 16.2. The molecule has 0 saturated heterocycles. The first-order valence-corrected chi connectivity index (χ1v) is 5.95. The van der Waals surface area contributed by atoms with E-state index < -0.39 is 11.2 Å². The van der Waals surface area contributed by atoms with Crippen LogP contribution in [-0.2, 0) is 0 Å². The molecule has 0 unspecified atom stereocenters. The topological polar surface area (TPSA) is 69.8 Å². The Labute approximate surface area is 113 Å². The number of hydrogen-bond acceptors (Lipinski definition) is 4. The van der Waals surface area contributed by atoms with Crippen molar-refractivity contribution < 1.29 is 0 Å². The Balaban J connectivity index is 2.28. The number of aromatic nitrogens is 4. The van der Waals surface area contributed by atoms with Crippen LogP contribution in [0.15, 0.2) is 70.6 Å². The van der Waals surface area contributed by atoms with E-state index in [0.29, 0.717) is 5.82 Å². The van der Waals surface area contributed by atoms with Crippen molar-refractivity contribution in [2.24, 2.45) is 0 Å². The lowest BCUT2D eigenvalue weighted by Crippen LogP contribution is -2.37. The van der Waals surface area contributed by atoms with E-state index in [2.05, 4.69) is 9.97 Å². The van der Waals surface area contributed by atoms with Gasteiger partial charge in [-0.2, -0.15) is 0 Å². The molecule has 6 heteroatoms. The summed E-state index contributed by atoms with van der Waals surface area (Å²) in [4.78, 5) is 32.5. The summed E-state index contributed by atoms with van der Waals surface area (Å²) < 4.78 is 2.31. The number of rotatable bonds is 2. The Kier molecular flexibility index (Phi) is 2.96. The van der Waals surface area contributed by atoms with Crippen molar-refractivity contribution in [1.82, 2.24) is 19.1 Å². The van der Waals surface area contributed by atoms with Gasteiger partial charge in [0, 0.05) is 24.7 Å². The Morgan fingerprint density at radius 2 is 1.45 bits per heavy atom. The second-order valence-corrected chi connectivity index (χ2v) is 4.02. The van der Waals surface area contributed by atoms with Gasteiger partial charge in [0.05, 0.1) is 0 Å². The molecular weight excluding hydrogens is 256 g/mol. The van der Waals surface area contributed by atoms with Crippen molar-refractivity contribution in [3.8, 4) is 11.6 Å². The molecule has 0 N–H and O–H groups in total. The predicted molar refractivity (Wildman–Crippen MR) is 73.2 cm³/mol. The summed E-state index contributed by atoms with van der Waals surface area (Å²) in [6, 6.07) is 11.6. The van der Waals surface area contributed by atoms with Crippen LogP contribution in [0, 0.1) is 0 Å². The van der Waals surface area contributed by atoms with Crippen molar-refractivity contribution in [1.29, 1.82) is 0 Å². The number of pyridine rings is 2. The van der Waals surface area contributed by atoms with Crippen LogP contribution < -0.4 is 11.2 Å². The molecule has 0 aliphatic rings. The molecular formula is C14H10N4O2. The highest BCUT2D eigenvalue weighted by molar-refractivity contribution is 5.25. The van der Waals surface area contributed by atoms with Crippen molar-refractivity contribution in [2.45, 2.75) is 0 Å². The zero-order chi connectivity index (χ0) is 13.9. The van der Waals surface area contributed by atoms with Crippen LogP contribution in [0.4, 0.5) is 0 Å². The molecule has 0 aromatic carbocycles. The molecule has 0 radical (unpaired) electrons. The fourth-order valence-corrected chi connectivity index (χ4v) is 1.85. The van der Waals surface area contributed by atoms with Crippen molar-refractivity contribution in [3.63, 3.8) is 0 Å². The van der Waals surface area contributed by atoms with Crippen LogP contribution in [0.3, 0.4) is 0 Å². The third kappa shape index (κ3) is 2.03. The average Bonchev–Trinajstić information content (AvgIpc) is 2.49. The lowest BCUT2D eigenvalue weighted by atomic mass is 10.4. The van der Waals surface area contributed by atoms with E-state index in [1.807, 2.05) is 0 Å². The lowest BCUT2D eigenvalue weighted by Gasteiger charge is -2.08. The third-order valence-electron chi connectivity index (χ3n) is 2.76. The van der Waals surface area contributed by atoms with Crippen molar-refractivity contribution in [3.05, 3.63) is 81.9 Å². The number of hydrogen-bond donors (Lipinski definition) is 0. The standard InChI is InChI=1S/C14H10N4O2/c19-13-7-10-17(11-5-1-3-8-15-11)14(20)18(13)12-6-2-4-9-16-12/h1-10H. The van der Waals surface area contributed by atoms with Gasteiger partial charge >= 0.3 is 5.69 Å². The van der Waals surface area contributed by atoms with Gasteiger partial charge in [0.2, 0.25) is 0 Å². The summed E-state index contributed by atoms with van der Waals surface area (Å²) >= 11 is 0. The van der Waals surface area contributed by atoms with Crippen LogP contribution in [0.5, 0.6) is 0 Å². The lowest BCUT2D eigenvalue weighted by molar-refractivity contribution is 0.772. The largest absolute Gasteiger partial charge is 0.342 e. The highest BCUT2D eigenvalue weighted by Crippen LogP contribution is 2.00. The summed E-state index contributed by atoms with van der Waals surface area (Å²) in [6.07, 6.45) is 4.52. The molecule has 0 fully saturated rings. The van der Waals surface area contributed by atoms with E-state index in [1.54, 1.807) is 42.6 Å². The molecule has 3 aromatic heterocycles. The maximum Gasteiger partial charge on any atom is 0.342 e. The minimum absolute atomic E-state index is 0.285. The van der Waals surface area contributed by atoms with Crippen molar-refractivity contribution in [2.75, 3.05) is 0 Å². The fourth-order valence-electron chi connectivity index (χ4n) is 1.85. The maximum absolute atomic E-state index is 12.4. The van der Waals surface area contributed by atoms with E-state index in [9.17, 15) is 9.59 Å². The summed E-state index contributed by atoms with van der Waals surface area (Å²) in [6.45, 7) is 0. The molecule has 6 nitrogen and oxygen atoms in total. The first-order chi connectivity index (χ1) is 9.77. The number of nitrogens with zero attached hydrogens (tertiary/aromatic N) is 4. The van der Waals surface area contributed by atoms with Gasteiger partial charge in [-0.1, -0.05) is 12.1 Å². The van der Waals surface area contributed by atoms with Crippen LogP contribution >= 0.6 is 0 Å². The van der Waals surface area contributed by atoms with E-state index in [-0.39, 0.29) is 5.82 Å². The SMILES string of the molecule is O=c1ccn(-c2ccccn2)c(=O)n1-c1ccccn1. The van der Waals surface area contributed by atoms with Gasteiger partial charge in [-0.25, -0.2) is 19.3 Å². The molecule has 98 valence electrons. The highest BCUT2D eigenvalue weighted by Gasteiger charge is 2.09. The molecule has 20 heavy (non-hydrogen) atoms. The van der Waals surface area contributed by atoms with Gasteiger partial charge in [0.15, 0.2) is 0 Å². The van der Waals surface area contributed by atoms with Crippen LogP contribution in [0.25, 0.3) is 11.6 Å². The molecule has 0 atom stereocenters.